The van der Waals surface area contributed by atoms with Gasteiger partial charge in [0.25, 0.3) is 0 Å². The van der Waals surface area contributed by atoms with Gasteiger partial charge in [0.05, 0.1) is 11.5 Å². The lowest BCUT2D eigenvalue weighted by molar-refractivity contribution is -0.124. The summed E-state index contributed by atoms with van der Waals surface area (Å²) in [6, 6.07) is -1.27. The highest BCUT2D eigenvalue weighted by Crippen LogP contribution is 2.18. The van der Waals surface area contributed by atoms with Gasteiger partial charge < -0.3 is 16.0 Å². The van der Waals surface area contributed by atoms with Gasteiger partial charge in [-0.05, 0) is 25.2 Å². The summed E-state index contributed by atoms with van der Waals surface area (Å²) < 4.78 is 23.1. The van der Waals surface area contributed by atoms with Crippen LogP contribution in [0.3, 0.4) is 0 Å². The molecule has 7 nitrogen and oxygen atoms in total. The van der Waals surface area contributed by atoms with Gasteiger partial charge in [0.15, 0.2) is 9.84 Å². The molecule has 1 aliphatic heterocycles. The summed E-state index contributed by atoms with van der Waals surface area (Å²) in [5.74, 6) is -0.0573. The van der Waals surface area contributed by atoms with Gasteiger partial charge in [-0.2, -0.15) is 0 Å². The van der Waals surface area contributed by atoms with Crippen molar-refractivity contribution in [3.05, 3.63) is 0 Å². The van der Waals surface area contributed by atoms with Crippen molar-refractivity contribution in [2.75, 3.05) is 11.5 Å². The zero-order valence-electron chi connectivity index (χ0n) is 16.6. The molecule has 0 radical (unpaired) electrons. The first-order chi connectivity index (χ1) is 12.8. The summed E-state index contributed by atoms with van der Waals surface area (Å²) >= 11 is 0. The van der Waals surface area contributed by atoms with Crippen molar-refractivity contribution in [3.8, 4) is 0 Å². The minimum absolute atomic E-state index is 0.00313. The van der Waals surface area contributed by atoms with Gasteiger partial charge in [0.1, 0.15) is 6.04 Å². The zero-order valence-corrected chi connectivity index (χ0v) is 17.4. The third-order valence-electron chi connectivity index (χ3n) is 5.80. The van der Waals surface area contributed by atoms with E-state index in [1.807, 2.05) is 13.8 Å². The first-order valence-corrected chi connectivity index (χ1v) is 12.2. The maximum absolute atomic E-state index is 12.8. The standard InChI is InChI=1S/C19H35N3O4S/c1-3-14(2)17(18(23)20-15-9-7-5-4-6-8-10-15)22-19(24)21-16-11-12-27(25,26)13-16/h14-17H,3-13H2,1-2H3,(H,20,23)(H2,21,22,24)/t14-,16?,17+/m1/s1. The SMILES string of the molecule is CC[C@@H](C)[C@H](NC(=O)NC1CCS(=O)(=O)C1)C(=O)NC1CCCCCCC1. The van der Waals surface area contributed by atoms with Crippen molar-refractivity contribution < 1.29 is 18.0 Å². The van der Waals surface area contributed by atoms with Crippen LogP contribution < -0.4 is 16.0 Å². The Morgan fingerprint density at radius 2 is 1.59 bits per heavy atom. The molecule has 2 aliphatic rings. The van der Waals surface area contributed by atoms with E-state index >= 15 is 0 Å². The highest BCUT2D eigenvalue weighted by molar-refractivity contribution is 7.91. The second-order valence-corrected chi connectivity index (χ2v) is 10.4. The summed E-state index contributed by atoms with van der Waals surface area (Å²) in [7, 11) is -3.05. The molecule has 1 saturated carbocycles. The highest BCUT2D eigenvalue weighted by atomic mass is 32.2. The second-order valence-electron chi connectivity index (χ2n) is 8.13. The smallest absolute Gasteiger partial charge is 0.315 e. The first-order valence-electron chi connectivity index (χ1n) is 10.4. The third kappa shape index (κ3) is 7.31. The fourth-order valence-corrected chi connectivity index (χ4v) is 5.54. The van der Waals surface area contributed by atoms with E-state index in [-0.39, 0.29) is 35.4 Å². The molecule has 0 aromatic carbocycles. The van der Waals surface area contributed by atoms with Crippen molar-refractivity contribution in [1.29, 1.82) is 0 Å². The van der Waals surface area contributed by atoms with E-state index in [2.05, 4.69) is 16.0 Å². The maximum Gasteiger partial charge on any atom is 0.315 e. The van der Waals surface area contributed by atoms with Crippen LogP contribution in [0.25, 0.3) is 0 Å². The van der Waals surface area contributed by atoms with Crippen molar-refractivity contribution >= 4 is 21.8 Å². The molecule has 1 heterocycles. The average Bonchev–Trinajstić information content (AvgIpc) is 2.92. The zero-order chi connectivity index (χ0) is 19.9. The van der Waals surface area contributed by atoms with E-state index in [0.717, 1.165) is 32.1 Å². The van der Waals surface area contributed by atoms with Crippen LogP contribution in [0, 0.1) is 5.92 Å². The molecule has 2 fully saturated rings. The maximum atomic E-state index is 12.8. The molecule has 27 heavy (non-hydrogen) atoms. The molecule has 3 atom stereocenters. The van der Waals surface area contributed by atoms with E-state index in [1.165, 1.54) is 19.3 Å². The first kappa shape index (κ1) is 22.0. The number of carbonyl (C=O) groups excluding carboxylic acids is 2. The normalized spacial score (nSPS) is 25.6. The molecule has 1 saturated heterocycles. The lowest BCUT2D eigenvalue weighted by Gasteiger charge is -2.28. The summed E-state index contributed by atoms with van der Waals surface area (Å²) in [6.45, 7) is 3.94. The fourth-order valence-electron chi connectivity index (χ4n) is 3.87. The highest BCUT2D eigenvalue weighted by Gasteiger charge is 2.31. The Balaban J connectivity index is 1.90. The predicted octanol–water partition coefficient (Wildman–Crippen LogP) is 2.12. The summed E-state index contributed by atoms with van der Waals surface area (Å²) in [5.41, 5.74) is 0. The van der Waals surface area contributed by atoms with Gasteiger partial charge in [-0.3, -0.25) is 4.79 Å². The molecule has 0 spiro atoms. The quantitative estimate of drug-likeness (QED) is 0.634. The summed E-state index contributed by atoms with van der Waals surface area (Å²) in [6.07, 6.45) is 9.13. The Kier molecular flexibility index (Phi) is 8.38. The van der Waals surface area contributed by atoms with Crippen LogP contribution in [-0.2, 0) is 14.6 Å². The summed E-state index contributed by atoms with van der Waals surface area (Å²) in [4.78, 5) is 25.2. The van der Waals surface area contributed by atoms with E-state index in [4.69, 9.17) is 0 Å². The minimum Gasteiger partial charge on any atom is -0.352 e. The Hall–Kier alpha value is -1.31. The van der Waals surface area contributed by atoms with Gasteiger partial charge in [0.2, 0.25) is 5.91 Å². The molecule has 1 aliphatic carbocycles. The Bertz CT molecular complexity index is 600. The van der Waals surface area contributed by atoms with Crippen LogP contribution in [0.15, 0.2) is 0 Å². The van der Waals surface area contributed by atoms with E-state index in [1.54, 1.807) is 0 Å². The Labute approximate surface area is 163 Å². The predicted molar refractivity (Wildman–Crippen MR) is 106 cm³/mol. The molecule has 2 rings (SSSR count). The van der Waals surface area contributed by atoms with Crippen molar-refractivity contribution in [1.82, 2.24) is 16.0 Å². The van der Waals surface area contributed by atoms with Gasteiger partial charge in [-0.25, -0.2) is 13.2 Å². The van der Waals surface area contributed by atoms with Gasteiger partial charge in [0, 0.05) is 12.1 Å². The second kappa shape index (κ2) is 10.3. The summed E-state index contributed by atoms with van der Waals surface area (Å²) in [5, 5.41) is 8.63. The molecular weight excluding hydrogens is 366 g/mol. The van der Waals surface area contributed by atoms with Gasteiger partial charge >= 0.3 is 6.03 Å². The van der Waals surface area contributed by atoms with Crippen LogP contribution in [0.2, 0.25) is 0 Å². The molecule has 0 aromatic rings. The number of hydrogen-bond donors (Lipinski definition) is 3. The molecule has 156 valence electrons. The number of rotatable bonds is 6. The molecule has 8 heteroatoms. The molecular formula is C19H35N3O4S. The molecule has 3 N–H and O–H groups in total. The van der Waals surface area contributed by atoms with Crippen molar-refractivity contribution in [2.45, 2.75) is 89.8 Å². The number of urea groups is 1. The average molecular weight is 402 g/mol. The number of amides is 3. The van der Waals surface area contributed by atoms with E-state index < -0.39 is 21.9 Å². The topological polar surface area (TPSA) is 104 Å². The van der Waals surface area contributed by atoms with E-state index in [0.29, 0.717) is 6.42 Å². The molecule has 1 unspecified atom stereocenters. The fraction of sp³-hybridized carbons (Fsp3) is 0.895. The van der Waals surface area contributed by atoms with Crippen LogP contribution in [-0.4, -0.2) is 50.0 Å². The number of nitrogens with one attached hydrogen (secondary N) is 3. The lowest BCUT2D eigenvalue weighted by Crippen LogP contribution is -2.56. The van der Waals surface area contributed by atoms with Gasteiger partial charge in [-0.1, -0.05) is 52.4 Å². The van der Waals surface area contributed by atoms with Crippen LogP contribution >= 0.6 is 0 Å². The molecule has 0 bridgehead atoms. The minimum atomic E-state index is -3.05. The molecule has 3 amide bonds. The largest absolute Gasteiger partial charge is 0.352 e. The van der Waals surface area contributed by atoms with Crippen molar-refractivity contribution in [3.63, 3.8) is 0 Å². The Morgan fingerprint density at radius 1 is 0.963 bits per heavy atom. The van der Waals surface area contributed by atoms with Crippen molar-refractivity contribution in [2.24, 2.45) is 5.92 Å². The Morgan fingerprint density at radius 3 is 2.15 bits per heavy atom. The number of sulfone groups is 1. The lowest BCUT2D eigenvalue weighted by atomic mass is 9.94. The van der Waals surface area contributed by atoms with Crippen LogP contribution in [0.4, 0.5) is 4.79 Å². The third-order valence-corrected chi connectivity index (χ3v) is 7.57. The monoisotopic (exact) mass is 401 g/mol. The molecule has 0 aromatic heterocycles. The number of hydrogen-bond acceptors (Lipinski definition) is 4. The van der Waals surface area contributed by atoms with Crippen LogP contribution in [0.5, 0.6) is 0 Å². The van der Waals surface area contributed by atoms with E-state index in [9.17, 15) is 18.0 Å². The van der Waals surface area contributed by atoms with Crippen LogP contribution in [0.1, 0.15) is 71.6 Å². The number of carbonyl (C=O) groups is 2. The van der Waals surface area contributed by atoms with Gasteiger partial charge in [-0.15, -0.1) is 0 Å².